The molecule has 0 aromatic heterocycles. The third kappa shape index (κ3) is 8.62. The standard InChI is InChI=1S/CH8O6P2/c1-8(2,3)7-9(4,5)6/h2-6H,1H3/q+2. The summed E-state index contributed by atoms with van der Waals surface area (Å²) in [5.74, 6) is 0. The monoisotopic (exact) mass is 178 g/mol. The first-order valence-electron chi connectivity index (χ1n) is 1.81. The van der Waals surface area contributed by atoms with Gasteiger partial charge in [0.2, 0.25) is 0 Å². The first-order chi connectivity index (χ1) is 3.71. The minimum Gasteiger partial charge on any atom is -0.190 e. The summed E-state index contributed by atoms with van der Waals surface area (Å²) in [4.78, 5) is 40.9. The van der Waals surface area contributed by atoms with Crippen molar-refractivity contribution < 1.29 is 28.8 Å². The van der Waals surface area contributed by atoms with Crippen LogP contribution in [0.25, 0.3) is 0 Å². The lowest BCUT2D eigenvalue weighted by atomic mass is 12.0. The van der Waals surface area contributed by atoms with Crippen LogP contribution >= 0.6 is 16.1 Å². The van der Waals surface area contributed by atoms with E-state index in [-0.39, 0.29) is 0 Å². The Labute approximate surface area is 52.6 Å². The molecule has 0 aliphatic carbocycles. The highest BCUT2D eigenvalue weighted by Crippen LogP contribution is 2.64. The normalized spacial score (nSPS) is 14.0. The summed E-state index contributed by atoms with van der Waals surface area (Å²) in [7, 11) is -8.23. The highest BCUT2D eigenvalue weighted by atomic mass is 31.3. The molecule has 0 aliphatic rings. The first kappa shape index (κ1) is 9.62. The van der Waals surface area contributed by atoms with E-state index in [2.05, 4.69) is 4.31 Å². The number of hydrogen-bond donors (Lipinski definition) is 5. The van der Waals surface area contributed by atoms with E-state index in [1.165, 1.54) is 0 Å². The molecule has 0 fully saturated rings. The van der Waals surface area contributed by atoms with Crippen molar-refractivity contribution in [2.75, 3.05) is 6.66 Å². The molecule has 8 heteroatoms. The van der Waals surface area contributed by atoms with E-state index in [4.69, 9.17) is 24.5 Å². The molecule has 0 aromatic rings. The Bertz CT molecular complexity index is 76.2. The van der Waals surface area contributed by atoms with Crippen LogP contribution < -0.4 is 0 Å². The van der Waals surface area contributed by atoms with Gasteiger partial charge in [-0.05, 0) is 0 Å². The minimum atomic E-state index is -4.49. The van der Waals surface area contributed by atoms with E-state index in [0.717, 1.165) is 6.66 Å². The second kappa shape index (κ2) is 2.70. The van der Waals surface area contributed by atoms with E-state index in [0.29, 0.717) is 0 Å². The van der Waals surface area contributed by atoms with Crippen LogP contribution in [0.2, 0.25) is 0 Å². The lowest BCUT2D eigenvalue weighted by Crippen LogP contribution is -1.96. The predicted molar refractivity (Wildman–Crippen MR) is 31.9 cm³/mol. The van der Waals surface area contributed by atoms with Gasteiger partial charge in [-0.3, -0.25) is 0 Å². The van der Waals surface area contributed by atoms with Gasteiger partial charge in [-0.2, -0.15) is 24.5 Å². The van der Waals surface area contributed by atoms with Crippen LogP contribution in [-0.4, -0.2) is 31.1 Å². The number of hydrogen-bond acceptors (Lipinski definition) is 6. The second-order valence-electron chi connectivity index (χ2n) is 1.43. The van der Waals surface area contributed by atoms with Gasteiger partial charge in [0.15, 0.2) is 0 Å². The van der Waals surface area contributed by atoms with E-state index >= 15 is 0 Å². The first-order valence-corrected chi connectivity index (χ1v) is 5.44. The van der Waals surface area contributed by atoms with Gasteiger partial charge < -0.3 is 0 Å². The summed E-state index contributed by atoms with van der Waals surface area (Å²) >= 11 is 0. The maximum atomic E-state index is 8.35. The zero-order chi connectivity index (χ0) is 7.71. The second-order valence-corrected chi connectivity index (χ2v) is 4.78. The predicted octanol–water partition coefficient (Wildman–Crippen LogP) is -0.966. The topological polar surface area (TPSA) is 110 Å². The molecule has 0 aromatic carbocycles. The van der Waals surface area contributed by atoms with E-state index in [1.807, 2.05) is 0 Å². The van der Waals surface area contributed by atoms with Gasteiger partial charge in [-0.15, -0.1) is 0 Å². The van der Waals surface area contributed by atoms with Gasteiger partial charge in [0.05, 0.1) is 4.31 Å². The number of rotatable bonds is 2. The van der Waals surface area contributed by atoms with Crippen molar-refractivity contribution in [3.63, 3.8) is 0 Å². The summed E-state index contributed by atoms with van der Waals surface area (Å²) < 4.78 is 3.62. The van der Waals surface area contributed by atoms with Crippen LogP contribution in [0.1, 0.15) is 0 Å². The van der Waals surface area contributed by atoms with Crippen molar-refractivity contribution in [2.45, 2.75) is 0 Å². The van der Waals surface area contributed by atoms with Crippen molar-refractivity contribution in [1.82, 2.24) is 0 Å². The molecule has 56 valence electrons. The zero-order valence-electron chi connectivity index (χ0n) is 4.54. The van der Waals surface area contributed by atoms with Crippen molar-refractivity contribution in [2.24, 2.45) is 0 Å². The molecule has 0 radical (unpaired) electrons. The fourth-order valence-electron chi connectivity index (χ4n) is 0.208. The smallest absolute Gasteiger partial charge is 0.190 e. The lowest BCUT2D eigenvalue weighted by molar-refractivity contribution is 0.214. The van der Waals surface area contributed by atoms with Crippen LogP contribution in [0.3, 0.4) is 0 Å². The highest BCUT2D eigenvalue weighted by molar-refractivity contribution is 7.69. The molecule has 0 rings (SSSR count). The molecular formula is CH8O6P2+2. The van der Waals surface area contributed by atoms with Crippen LogP contribution in [-0.2, 0) is 4.31 Å². The average Bonchev–Trinajstić information content (AvgIpc) is 1.14. The van der Waals surface area contributed by atoms with Gasteiger partial charge in [0.1, 0.15) is 6.66 Å². The summed E-state index contributed by atoms with van der Waals surface area (Å²) in [6.45, 7) is 0.838. The Balaban J connectivity index is 3.75. The Morgan fingerprint density at radius 3 is 1.33 bits per heavy atom. The Hall–Kier alpha value is 0.620. The molecule has 5 N–H and O–H groups in total. The molecule has 0 bridgehead atoms. The van der Waals surface area contributed by atoms with Gasteiger partial charge in [-0.1, -0.05) is 0 Å². The molecule has 0 unspecified atom stereocenters. The van der Waals surface area contributed by atoms with Crippen LogP contribution in [0.5, 0.6) is 0 Å². The van der Waals surface area contributed by atoms with E-state index in [9.17, 15) is 0 Å². The van der Waals surface area contributed by atoms with Gasteiger partial charge in [0, 0.05) is 0 Å². The third-order valence-corrected chi connectivity index (χ3v) is 2.38. The fraction of sp³-hybridized carbons (Fsp3) is 1.00. The van der Waals surface area contributed by atoms with Gasteiger partial charge >= 0.3 is 16.1 Å². The Morgan fingerprint density at radius 2 is 1.33 bits per heavy atom. The highest BCUT2D eigenvalue weighted by Gasteiger charge is 2.51. The van der Waals surface area contributed by atoms with Crippen molar-refractivity contribution in [1.29, 1.82) is 0 Å². The Kier molecular flexibility index (Phi) is 2.88. The van der Waals surface area contributed by atoms with Gasteiger partial charge in [-0.25, -0.2) is 0 Å². The molecule has 6 nitrogen and oxygen atoms in total. The third-order valence-electron chi connectivity index (χ3n) is 0.264. The summed E-state index contributed by atoms with van der Waals surface area (Å²) in [5.41, 5.74) is 0. The fourth-order valence-corrected chi connectivity index (χ4v) is 1.87. The SMILES string of the molecule is C[P+](O)(O)O[P+](O)(O)O. The Morgan fingerprint density at radius 1 is 1.00 bits per heavy atom. The molecule has 0 saturated heterocycles. The molecule has 9 heavy (non-hydrogen) atoms. The molecule has 0 atom stereocenters. The lowest BCUT2D eigenvalue weighted by Gasteiger charge is -2.02. The van der Waals surface area contributed by atoms with Crippen molar-refractivity contribution in [3.05, 3.63) is 0 Å². The summed E-state index contributed by atoms with van der Waals surface area (Å²) in [5, 5.41) is 0. The summed E-state index contributed by atoms with van der Waals surface area (Å²) in [6, 6.07) is 0. The molecular weight excluding hydrogens is 170 g/mol. The van der Waals surface area contributed by atoms with Crippen LogP contribution in [0.4, 0.5) is 0 Å². The molecule has 0 aliphatic heterocycles. The van der Waals surface area contributed by atoms with Crippen molar-refractivity contribution >= 4 is 16.1 Å². The molecule has 0 heterocycles. The molecule has 0 saturated carbocycles. The molecule has 0 amide bonds. The van der Waals surface area contributed by atoms with Gasteiger partial charge in [0.25, 0.3) is 0 Å². The van der Waals surface area contributed by atoms with Crippen LogP contribution in [0.15, 0.2) is 0 Å². The van der Waals surface area contributed by atoms with Crippen molar-refractivity contribution in [3.8, 4) is 0 Å². The largest absolute Gasteiger partial charge is 0.612 e. The average molecular weight is 178 g/mol. The quantitative estimate of drug-likeness (QED) is 0.348. The van der Waals surface area contributed by atoms with Crippen LogP contribution in [0, 0.1) is 0 Å². The summed E-state index contributed by atoms with van der Waals surface area (Å²) in [6.07, 6.45) is 0. The zero-order valence-corrected chi connectivity index (χ0v) is 6.33. The molecule has 0 spiro atoms. The van der Waals surface area contributed by atoms with E-state index in [1.54, 1.807) is 0 Å². The maximum Gasteiger partial charge on any atom is 0.612 e. The maximum absolute atomic E-state index is 8.35. The van der Waals surface area contributed by atoms with E-state index < -0.39 is 16.1 Å². The minimum absolute atomic E-state index is 0.838.